The minimum absolute atomic E-state index is 0. The Morgan fingerprint density at radius 2 is 1.97 bits per heavy atom. The van der Waals surface area contributed by atoms with E-state index in [0.29, 0.717) is 29.9 Å². The van der Waals surface area contributed by atoms with E-state index >= 15 is 0 Å². The quantitative estimate of drug-likeness (QED) is 0.432. The van der Waals surface area contributed by atoms with E-state index in [0.717, 1.165) is 48.9 Å². The maximum absolute atomic E-state index is 12.3. The van der Waals surface area contributed by atoms with Crippen molar-refractivity contribution in [1.82, 2.24) is 10.2 Å². The summed E-state index contributed by atoms with van der Waals surface area (Å²) in [5.41, 5.74) is 2.77. The number of halogens is 2. The van der Waals surface area contributed by atoms with Crippen LogP contribution >= 0.6 is 24.8 Å². The topological polar surface area (TPSA) is 111 Å². The van der Waals surface area contributed by atoms with Crippen molar-refractivity contribution in [2.45, 2.75) is 61.7 Å². The zero-order chi connectivity index (χ0) is 24.5. The Morgan fingerprint density at radius 3 is 2.65 bits per heavy atom. The molecule has 2 heterocycles. The van der Waals surface area contributed by atoms with Gasteiger partial charge in [0, 0.05) is 34.7 Å². The molecule has 2 aliphatic heterocycles. The maximum Gasteiger partial charge on any atom is 0.321 e. The largest absolute Gasteiger partial charge is 0.508 e. The Hall–Kier alpha value is -2.39. The number of methoxy groups -OCH3 is 1. The summed E-state index contributed by atoms with van der Waals surface area (Å²) in [5, 5.41) is 34.0. The minimum atomic E-state index is -0.914. The number of carboxylic acids is 1. The zero-order valence-electron chi connectivity index (χ0n) is 20.8. The molecule has 1 spiro atoms. The highest BCUT2D eigenvalue weighted by Crippen LogP contribution is 2.65. The first-order valence-corrected chi connectivity index (χ1v) is 12.4. The zero-order valence-corrected chi connectivity index (χ0v) is 22.5. The van der Waals surface area contributed by atoms with Crippen LogP contribution in [0.5, 0.6) is 23.0 Å². The summed E-state index contributed by atoms with van der Waals surface area (Å²) in [6.07, 6.45) is 3.58. The third-order valence-corrected chi connectivity index (χ3v) is 8.99. The van der Waals surface area contributed by atoms with Crippen LogP contribution in [0, 0.1) is 5.92 Å². The SMILES string of the molecule is COc1cc(O)c2c3c1C[C@@H]1[C@@H]4CC[C@@H](N[C@@H](Cc5ccc(O)cc5)C(=O)O)[C@H](O2)[C@]34CCN1C.Cl.Cl. The molecule has 37 heavy (non-hydrogen) atoms. The van der Waals surface area contributed by atoms with Gasteiger partial charge in [0.15, 0.2) is 11.5 Å². The van der Waals surface area contributed by atoms with Crippen LogP contribution in [0.15, 0.2) is 30.3 Å². The number of benzene rings is 2. The van der Waals surface area contributed by atoms with Crippen molar-refractivity contribution in [2.75, 3.05) is 20.7 Å². The summed E-state index contributed by atoms with van der Waals surface area (Å²) in [7, 11) is 3.82. The number of hydrogen-bond acceptors (Lipinski definition) is 7. The summed E-state index contributed by atoms with van der Waals surface area (Å²) in [6.45, 7) is 0.931. The third-order valence-electron chi connectivity index (χ3n) is 8.99. The summed E-state index contributed by atoms with van der Waals surface area (Å²) in [5.74, 6) is 0.974. The van der Waals surface area contributed by atoms with Gasteiger partial charge in [-0.05, 0) is 69.3 Å². The molecule has 2 fully saturated rings. The molecule has 4 N–H and O–H groups in total. The molecule has 2 aromatic carbocycles. The Morgan fingerprint density at radius 1 is 1.24 bits per heavy atom. The molecular weight excluding hydrogens is 519 g/mol. The Labute approximate surface area is 228 Å². The molecule has 1 saturated heterocycles. The molecule has 2 bridgehead atoms. The van der Waals surface area contributed by atoms with Crippen LogP contribution in [0.25, 0.3) is 0 Å². The van der Waals surface area contributed by atoms with Crippen LogP contribution in [0.3, 0.4) is 0 Å². The van der Waals surface area contributed by atoms with Gasteiger partial charge in [0.05, 0.1) is 7.11 Å². The lowest BCUT2D eigenvalue weighted by Crippen LogP contribution is -2.69. The molecule has 2 aromatic rings. The lowest BCUT2D eigenvalue weighted by atomic mass is 9.51. The smallest absolute Gasteiger partial charge is 0.321 e. The number of piperidine rings is 1. The first-order chi connectivity index (χ1) is 16.8. The monoisotopic (exact) mass is 552 g/mol. The van der Waals surface area contributed by atoms with Gasteiger partial charge in [0.2, 0.25) is 0 Å². The number of carboxylic acid groups (broad SMARTS) is 1. The summed E-state index contributed by atoms with van der Waals surface area (Å²) in [6, 6.07) is 7.72. The molecule has 6 atom stereocenters. The van der Waals surface area contributed by atoms with Crippen LogP contribution in [0.2, 0.25) is 0 Å². The molecule has 0 radical (unpaired) electrons. The number of aliphatic carboxylic acids is 1. The molecule has 202 valence electrons. The van der Waals surface area contributed by atoms with Crippen LogP contribution < -0.4 is 14.8 Å². The number of nitrogens with zero attached hydrogens (tertiary/aromatic N) is 1. The number of nitrogens with one attached hydrogen (secondary N) is 1. The van der Waals surface area contributed by atoms with Gasteiger partial charge in [-0.1, -0.05) is 12.1 Å². The lowest BCUT2D eigenvalue weighted by Gasteiger charge is -2.59. The van der Waals surface area contributed by atoms with Gasteiger partial charge in [-0.3, -0.25) is 10.1 Å². The fourth-order valence-corrected chi connectivity index (χ4v) is 7.49. The van der Waals surface area contributed by atoms with E-state index in [9.17, 15) is 20.1 Å². The van der Waals surface area contributed by atoms with E-state index in [1.54, 1.807) is 37.4 Å². The van der Waals surface area contributed by atoms with Crippen molar-refractivity contribution in [3.63, 3.8) is 0 Å². The van der Waals surface area contributed by atoms with Crippen LogP contribution in [0.4, 0.5) is 0 Å². The van der Waals surface area contributed by atoms with Crippen LogP contribution in [-0.2, 0) is 23.1 Å². The van der Waals surface area contributed by atoms with Gasteiger partial charge >= 0.3 is 5.97 Å². The number of phenolic OH excluding ortho intramolecular Hbond substituents is 2. The lowest BCUT2D eigenvalue weighted by molar-refractivity contribution is -0.140. The molecule has 1 saturated carbocycles. The van der Waals surface area contributed by atoms with Gasteiger partial charge in [-0.25, -0.2) is 0 Å². The average molecular weight is 553 g/mol. The van der Waals surface area contributed by atoms with Crippen molar-refractivity contribution in [3.8, 4) is 23.0 Å². The second-order valence-electron chi connectivity index (χ2n) is 10.6. The first kappa shape index (κ1) is 27.6. The number of likely N-dealkylation sites (N-methyl/N-ethyl adjacent to an activating group) is 1. The third kappa shape index (κ3) is 4.09. The second kappa shape index (κ2) is 10.1. The summed E-state index contributed by atoms with van der Waals surface area (Å²) < 4.78 is 12.3. The van der Waals surface area contributed by atoms with Gasteiger partial charge in [0.25, 0.3) is 0 Å². The fraction of sp³-hybridized carbons (Fsp3) is 0.519. The fourth-order valence-electron chi connectivity index (χ4n) is 7.49. The Balaban J connectivity index is 0.00000160. The Bertz CT molecular complexity index is 1180. The molecule has 0 aromatic heterocycles. The van der Waals surface area contributed by atoms with Crippen molar-refractivity contribution in [3.05, 3.63) is 47.0 Å². The van der Waals surface area contributed by atoms with E-state index in [2.05, 4.69) is 17.3 Å². The first-order valence-electron chi connectivity index (χ1n) is 12.4. The summed E-state index contributed by atoms with van der Waals surface area (Å²) >= 11 is 0. The Kier molecular flexibility index (Phi) is 7.51. The highest BCUT2D eigenvalue weighted by Gasteiger charge is 2.66. The normalized spacial score (nSPS) is 29.7. The standard InChI is InChI=1S/C27H32N2O6.2ClH/c1-29-10-9-27-17-7-8-18(28-19(26(32)33)11-14-3-5-15(30)6-4-14)25(27)35-24-21(31)13-22(34-2)16(23(24)27)12-20(17)29;;/h3-6,13,17-20,25,28,30-31H,7-12H2,1-2H3,(H,32,33);2*1H/t17-,18+,19-,20+,25-,27-;;/m0../s1. The van der Waals surface area contributed by atoms with Crippen molar-refractivity contribution in [2.24, 2.45) is 5.92 Å². The van der Waals surface area contributed by atoms with Crippen molar-refractivity contribution >= 4 is 30.8 Å². The van der Waals surface area contributed by atoms with E-state index in [-0.39, 0.29) is 53.9 Å². The van der Waals surface area contributed by atoms with Gasteiger partial charge in [0.1, 0.15) is 23.6 Å². The van der Waals surface area contributed by atoms with Gasteiger partial charge in [-0.2, -0.15) is 0 Å². The number of rotatable bonds is 6. The van der Waals surface area contributed by atoms with Gasteiger partial charge < -0.3 is 29.7 Å². The summed E-state index contributed by atoms with van der Waals surface area (Å²) in [4.78, 5) is 14.7. The van der Waals surface area contributed by atoms with E-state index in [4.69, 9.17) is 9.47 Å². The maximum atomic E-state index is 12.3. The highest BCUT2D eigenvalue weighted by atomic mass is 35.5. The average Bonchev–Trinajstić information content (AvgIpc) is 3.19. The highest BCUT2D eigenvalue weighted by molar-refractivity contribution is 5.85. The molecule has 10 heteroatoms. The van der Waals surface area contributed by atoms with Crippen LogP contribution in [-0.4, -0.2) is 71.1 Å². The number of ether oxygens (including phenoxy) is 2. The predicted molar refractivity (Wildman–Crippen MR) is 143 cm³/mol. The van der Waals surface area contributed by atoms with Crippen molar-refractivity contribution < 1.29 is 29.6 Å². The number of aromatic hydroxyl groups is 2. The van der Waals surface area contributed by atoms with Crippen LogP contribution in [0.1, 0.15) is 36.0 Å². The minimum Gasteiger partial charge on any atom is -0.508 e. The molecular formula is C27H34Cl2N2O6. The number of likely N-dealkylation sites (tertiary alicyclic amines) is 1. The molecule has 6 rings (SSSR count). The number of phenols is 2. The van der Waals surface area contributed by atoms with E-state index in [1.807, 2.05) is 0 Å². The predicted octanol–water partition coefficient (Wildman–Crippen LogP) is 3.27. The second-order valence-corrected chi connectivity index (χ2v) is 10.6. The van der Waals surface area contributed by atoms with Gasteiger partial charge in [-0.15, -0.1) is 24.8 Å². The van der Waals surface area contributed by atoms with E-state index in [1.165, 1.54) is 0 Å². The number of carbonyl (C=O) groups is 1. The van der Waals surface area contributed by atoms with E-state index < -0.39 is 12.0 Å². The molecule has 8 nitrogen and oxygen atoms in total. The molecule has 0 amide bonds. The molecule has 2 aliphatic carbocycles. The van der Waals surface area contributed by atoms with Crippen molar-refractivity contribution in [1.29, 1.82) is 0 Å². The number of hydrogen-bond donors (Lipinski definition) is 4. The molecule has 4 aliphatic rings. The molecule has 0 unspecified atom stereocenters.